The molecule has 2 aliphatic carbocycles. The molecule has 0 radical (unpaired) electrons. The number of benzene rings is 8. The van der Waals surface area contributed by atoms with Crippen LogP contribution in [-0.4, -0.2) is 12.3 Å². The van der Waals surface area contributed by atoms with Gasteiger partial charge >= 0.3 is 0 Å². The summed E-state index contributed by atoms with van der Waals surface area (Å²) < 4.78 is 0. The monoisotopic (exact) mass is 994 g/mol. The highest BCUT2D eigenvalue weighted by atomic mass is 15.3. The van der Waals surface area contributed by atoms with E-state index in [4.69, 9.17) is 0 Å². The molecule has 8 aromatic carbocycles. The maximum Gasteiger partial charge on any atom is 0.252 e. The Morgan fingerprint density at radius 3 is 1.72 bits per heavy atom. The molecule has 0 N–H and O–H groups in total. The van der Waals surface area contributed by atoms with Gasteiger partial charge in [-0.2, -0.15) is 0 Å². The van der Waals surface area contributed by atoms with Crippen LogP contribution < -0.4 is 31.1 Å². The van der Waals surface area contributed by atoms with E-state index in [1.54, 1.807) is 0 Å². The first-order chi connectivity index (χ1) is 36.0. The first-order valence-electron chi connectivity index (χ1n) is 28.4. The van der Waals surface area contributed by atoms with Crippen LogP contribution in [-0.2, 0) is 27.1 Å². The maximum atomic E-state index is 2.80. The SMILES string of the molecule is Cc1cc2c3c(c1)N(c1ccc(C(C)(C)C)cc1-c1ccccc1)c1ccc(C(C)(C)C)cc1B3c1ccc(N3c4ccc(C(C)(C)C)cc4C4(C)CCCCC34C)cc1N2c1ccc2c(c1)C(C)(C)c1ccccc1-2. The number of hydrogen-bond donors (Lipinski definition) is 0. The lowest BCUT2D eigenvalue weighted by Gasteiger charge is -2.50. The van der Waals surface area contributed by atoms with Gasteiger partial charge in [0.15, 0.2) is 0 Å². The molecule has 76 heavy (non-hydrogen) atoms. The van der Waals surface area contributed by atoms with Crippen LogP contribution in [0.1, 0.15) is 155 Å². The van der Waals surface area contributed by atoms with Crippen molar-refractivity contribution in [2.24, 2.45) is 0 Å². The third-order valence-corrected chi connectivity index (χ3v) is 19.3. The molecule has 0 spiro atoms. The number of aryl methyl sites for hydroxylation is 1. The number of nitrogens with zero attached hydrogens (tertiary/aromatic N) is 3. The van der Waals surface area contributed by atoms with Crippen LogP contribution in [0.2, 0.25) is 0 Å². The molecule has 1 fully saturated rings. The summed E-state index contributed by atoms with van der Waals surface area (Å²) in [6.07, 6.45) is 4.84. The largest absolute Gasteiger partial charge is 0.334 e. The van der Waals surface area contributed by atoms with Gasteiger partial charge in [0.1, 0.15) is 0 Å². The van der Waals surface area contributed by atoms with E-state index in [-0.39, 0.29) is 39.3 Å². The Hall–Kier alpha value is -6.78. The van der Waals surface area contributed by atoms with E-state index >= 15 is 0 Å². The van der Waals surface area contributed by atoms with Gasteiger partial charge in [-0.05, 0) is 176 Å². The summed E-state index contributed by atoms with van der Waals surface area (Å²) >= 11 is 0. The van der Waals surface area contributed by atoms with Gasteiger partial charge in [0.2, 0.25) is 0 Å². The average Bonchev–Trinajstić information content (AvgIpc) is 3.86. The first-order valence-corrected chi connectivity index (χ1v) is 28.4. The maximum absolute atomic E-state index is 2.80. The fourth-order valence-electron chi connectivity index (χ4n) is 14.7. The highest BCUT2D eigenvalue weighted by Gasteiger charge is 2.58. The van der Waals surface area contributed by atoms with Crippen LogP contribution in [0, 0.1) is 6.92 Å². The summed E-state index contributed by atoms with van der Waals surface area (Å²) in [6.45, 7) is 33.5. The van der Waals surface area contributed by atoms with Crippen LogP contribution >= 0.6 is 0 Å². The van der Waals surface area contributed by atoms with Crippen molar-refractivity contribution in [3.05, 3.63) is 197 Å². The Kier molecular flexibility index (Phi) is 10.5. The molecule has 0 saturated heterocycles. The summed E-state index contributed by atoms with van der Waals surface area (Å²) in [5.41, 5.74) is 28.7. The smallest absolute Gasteiger partial charge is 0.252 e. The van der Waals surface area contributed by atoms with Crippen molar-refractivity contribution in [2.45, 2.75) is 155 Å². The van der Waals surface area contributed by atoms with Crippen molar-refractivity contribution in [2.75, 3.05) is 14.7 Å². The number of rotatable bonds is 4. The van der Waals surface area contributed by atoms with Crippen LogP contribution in [0.3, 0.4) is 0 Å². The van der Waals surface area contributed by atoms with Crippen molar-refractivity contribution in [1.29, 1.82) is 0 Å². The minimum Gasteiger partial charge on any atom is -0.334 e. The lowest BCUT2D eigenvalue weighted by atomic mass is 9.33. The average molecular weight is 994 g/mol. The summed E-state index contributed by atoms with van der Waals surface area (Å²) in [6, 6.07) is 62.4. The molecular weight excluding hydrogens is 918 g/mol. The Labute approximate surface area is 455 Å². The molecule has 0 bridgehead atoms. The molecule has 8 aromatic rings. The minimum absolute atomic E-state index is 0.00936. The van der Waals surface area contributed by atoms with Crippen LogP contribution in [0.25, 0.3) is 22.3 Å². The van der Waals surface area contributed by atoms with E-state index in [9.17, 15) is 0 Å². The Balaban J connectivity index is 1.10. The summed E-state index contributed by atoms with van der Waals surface area (Å²) in [7, 11) is 0. The molecule has 1 saturated carbocycles. The third kappa shape index (κ3) is 7.00. The molecule has 3 aliphatic heterocycles. The van der Waals surface area contributed by atoms with Crippen LogP contribution in [0.4, 0.5) is 45.5 Å². The molecule has 5 aliphatic rings. The van der Waals surface area contributed by atoms with Crippen molar-refractivity contribution >= 4 is 68.6 Å². The molecule has 0 aromatic heterocycles. The van der Waals surface area contributed by atoms with Gasteiger partial charge in [-0.15, -0.1) is 0 Å². The molecule has 2 atom stereocenters. The van der Waals surface area contributed by atoms with E-state index in [1.807, 2.05) is 0 Å². The highest BCUT2D eigenvalue weighted by Crippen LogP contribution is 2.62. The lowest BCUT2D eigenvalue weighted by molar-refractivity contribution is 0.195. The van der Waals surface area contributed by atoms with Crippen molar-refractivity contribution in [3.63, 3.8) is 0 Å². The van der Waals surface area contributed by atoms with E-state index in [1.165, 1.54) is 142 Å². The van der Waals surface area contributed by atoms with E-state index in [0.29, 0.717) is 0 Å². The Morgan fingerprint density at radius 2 is 1.01 bits per heavy atom. The van der Waals surface area contributed by atoms with Crippen molar-refractivity contribution < 1.29 is 0 Å². The normalized spacial score (nSPS) is 19.9. The quantitative estimate of drug-likeness (QED) is 0.163. The summed E-state index contributed by atoms with van der Waals surface area (Å²) in [5, 5.41) is 0. The van der Waals surface area contributed by atoms with Crippen LogP contribution in [0.5, 0.6) is 0 Å². The number of hydrogen-bond acceptors (Lipinski definition) is 3. The molecule has 3 heterocycles. The fourth-order valence-corrected chi connectivity index (χ4v) is 14.7. The van der Waals surface area contributed by atoms with Gasteiger partial charge < -0.3 is 14.7 Å². The second kappa shape index (κ2) is 16.4. The molecule has 3 nitrogen and oxygen atoms in total. The van der Waals surface area contributed by atoms with Gasteiger partial charge in [0.05, 0.1) is 11.2 Å². The molecule has 2 unspecified atom stereocenters. The Morgan fingerprint density at radius 1 is 0.421 bits per heavy atom. The zero-order valence-electron chi connectivity index (χ0n) is 47.8. The Bertz CT molecular complexity index is 3710. The lowest BCUT2D eigenvalue weighted by Crippen LogP contribution is -2.61. The third-order valence-electron chi connectivity index (χ3n) is 19.3. The zero-order valence-corrected chi connectivity index (χ0v) is 47.8. The van der Waals surface area contributed by atoms with E-state index < -0.39 is 0 Å². The molecule has 0 amide bonds. The molecular formula is C72H76BN3. The van der Waals surface area contributed by atoms with Gasteiger partial charge in [0, 0.05) is 56.2 Å². The predicted molar refractivity (Wildman–Crippen MR) is 327 cm³/mol. The second-order valence-corrected chi connectivity index (χ2v) is 27.5. The topological polar surface area (TPSA) is 9.72 Å². The standard InChI is InChI=1S/C72H76BN3/c1-45-38-64-66-65(39-45)75(60-33-26-47(67(2,3)4)40-54(60)46-22-16-15-17-23-46)62-35-28-49(69(8,9)10)42-59(62)73(66)58-32-30-51(76-61-34-27-48(68(5,6)7)41-57(61)71(13)36-20-21-37-72(71,76)14)44-63(58)74(64)50-29-31-53-52-24-18-19-25-55(52)70(11,12)56(53)43-50/h15-19,22-35,38-44H,20-21,36-37H2,1-14H3. The summed E-state index contributed by atoms with van der Waals surface area (Å²) in [5.74, 6) is 0. The van der Waals surface area contributed by atoms with Crippen molar-refractivity contribution in [3.8, 4) is 22.3 Å². The molecule has 382 valence electrons. The summed E-state index contributed by atoms with van der Waals surface area (Å²) in [4.78, 5) is 8.11. The highest BCUT2D eigenvalue weighted by molar-refractivity contribution is 7.00. The van der Waals surface area contributed by atoms with Gasteiger partial charge in [-0.3, -0.25) is 0 Å². The van der Waals surface area contributed by atoms with E-state index in [2.05, 4.69) is 269 Å². The van der Waals surface area contributed by atoms with Crippen molar-refractivity contribution in [1.82, 2.24) is 0 Å². The minimum atomic E-state index is -0.158. The molecule has 13 rings (SSSR count). The fraction of sp³-hybridized carbons (Fsp3) is 0.333. The second-order valence-electron chi connectivity index (χ2n) is 27.5. The number of fused-ring (bicyclic) bond motifs is 10. The zero-order chi connectivity index (χ0) is 53.2. The van der Waals surface area contributed by atoms with Crippen LogP contribution in [0.15, 0.2) is 158 Å². The predicted octanol–water partition coefficient (Wildman–Crippen LogP) is 17.7. The molecule has 4 heteroatoms. The first kappa shape index (κ1) is 48.8. The van der Waals surface area contributed by atoms with Gasteiger partial charge in [0.25, 0.3) is 6.71 Å². The number of anilines is 8. The van der Waals surface area contributed by atoms with Gasteiger partial charge in [-0.1, -0.05) is 193 Å². The van der Waals surface area contributed by atoms with E-state index in [0.717, 1.165) is 6.42 Å². The van der Waals surface area contributed by atoms with Gasteiger partial charge in [-0.25, -0.2) is 0 Å².